The number of hydrogen-bond donors (Lipinski definition) is 1. The summed E-state index contributed by atoms with van der Waals surface area (Å²) in [6, 6.07) is 15.9. The lowest BCUT2D eigenvalue weighted by atomic mass is 9.91. The first-order valence-electron chi connectivity index (χ1n) is 11.7. The summed E-state index contributed by atoms with van der Waals surface area (Å²) < 4.78 is 19.7. The molecule has 0 radical (unpaired) electrons. The second kappa shape index (κ2) is 10.0. The molecule has 4 nitrogen and oxygen atoms in total. The molecular weight excluding hydrogens is 429 g/mol. The highest BCUT2D eigenvalue weighted by Gasteiger charge is 2.23. The Morgan fingerprint density at radius 3 is 2.26 bits per heavy atom. The van der Waals surface area contributed by atoms with Gasteiger partial charge in [0.15, 0.2) is 0 Å². The van der Waals surface area contributed by atoms with Gasteiger partial charge in [-0.15, -0.1) is 0 Å². The smallest absolute Gasteiger partial charge is 0.255 e. The summed E-state index contributed by atoms with van der Waals surface area (Å²) >= 11 is 0. The average Bonchev–Trinajstić information content (AvgIpc) is 3.22. The summed E-state index contributed by atoms with van der Waals surface area (Å²) in [5.41, 5.74) is 6.34. The van der Waals surface area contributed by atoms with Crippen LogP contribution in [0.15, 0.2) is 59.0 Å². The molecule has 0 aliphatic rings. The molecule has 1 heterocycles. The molecule has 0 unspecified atom stereocenters. The van der Waals surface area contributed by atoms with Crippen molar-refractivity contribution in [1.29, 1.82) is 0 Å². The Morgan fingerprint density at radius 1 is 0.941 bits per heavy atom. The van der Waals surface area contributed by atoms with Gasteiger partial charge >= 0.3 is 0 Å². The molecule has 3 aromatic carbocycles. The number of benzene rings is 3. The normalized spacial score (nSPS) is 11.1. The second-order valence-corrected chi connectivity index (χ2v) is 8.43. The lowest BCUT2D eigenvalue weighted by Crippen LogP contribution is -2.18. The fourth-order valence-electron chi connectivity index (χ4n) is 4.45. The highest BCUT2D eigenvalue weighted by Crippen LogP contribution is 2.38. The Hall–Kier alpha value is -3.73. The van der Waals surface area contributed by atoms with Crippen LogP contribution in [0.4, 0.5) is 4.39 Å². The van der Waals surface area contributed by atoms with E-state index < -0.39 is 0 Å². The van der Waals surface area contributed by atoms with Crippen LogP contribution in [0.5, 0.6) is 0 Å². The van der Waals surface area contributed by atoms with E-state index >= 15 is 0 Å². The van der Waals surface area contributed by atoms with Crippen molar-refractivity contribution in [1.82, 2.24) is 5.32 Å². The van der Waals surface area contributed by atoms with E-state index in [1.807, 2.05) is 30.3 Å². The van der Waals surface area contributed by atoms with E-state index in [1.54, 1.807) is 19.2 Å². The van der Waals surface area contributed by atoms with Gasteiger partial charge in [0, 0.05) is 23.6 Å². The van der Waals surface area contributed by atoms with Gasteiger partial charge in [-0.05, 0) is 77.6 Å². The zero-order valence-electron chi connectivity index (χ0n) is 19.7. The van der Waals surface area contributed by atoms with E-state index in [9.17, 15) is 14.0 Å². The molecule has 0 aliphatic heterocycles. The Balaban J connectivity index is 1.98. The van der Waals surface area contributed by atoms with Gasteiger partial charge in [-0.2, -0.15) is 0 Å². The van der Waals surface area contributed by atoms with Crippen molar-refractivity contribution in [3.63, 3.8) is 0 Å². The maximum Gasteiger partial charge on any atom is 0.255 e. The summed E-state index contributed by atoms with van der Waals surface area (Å²) in [6.07, 6.45) is 4.47. The predicted octanol–water partition coefficient (Wildman–Crippen LogP) is 6.98. The number of carbonyl (C=O) groups excluding carboxylic acids is 2. The number of furan rings is 1. The van der Waals surface area contributed by atoms with Gasteiger partial charge in [-0.1, -0.05) is 38.8 Å². The number of amides is 1. The molecule has 0 saturated carbocycles. The van der Waals surface area contributed by atoms with Gasteiger partial charge < -0.3 is 9.73 Å². The summed E-state index contributed by atoms with van der Waals surface area (Å²) in [7, 11) is 1.57. The molecule has 0 atom stereocenters. The molecule has 1 amide bonds. The highest BCUT2D eigenvalue weighted by molar-refractivity contribution is 6.12. The third kappa shape index (κ3) is 4.38. The zero-order chi connectivity index (χ0) is 24.2. The monoisotopic (exact) mass is 457 g/mol. The van der Waals surface area contributed by atoms with E-state index in [4.69, 9.17) is 4.42 Å². The molecule has 34 heavy (non-hydrogen) atoms. The SMILES string of the molecule is CCCc1ccc(-c2cc3c(C(=O)NC)c(-c4ccc(F)cc4)oc3cc2CCC)cc1C=O. The van der Waals surface area contributed by atoms with Crippen LogP contribution in [0.3, 0.4) is 0 Å². The summed E-state index contributed by atoms with van der Waals surface area (Å²) in [6.45, 7) is 4.20. The molecular formula is C29H28FNO3. The molecule has 0 aliphatic carbocycles. The van der Waals surface area contributed by atoms with E-state index in [2.05, 4.69) is 19.2 Å². The number of halogens is 1. The largest absolute Gasteiger partial charge is 0.455 e. The van der Waals surface area contributed by atoms with Gasteiger partial charge in [-0.3, -0.25) is 9.59 Å². The van der Waals surface area contributed by atoms with Crippen LogP contribution < -0.4 is 5.32 Å². The lowest BCUT2D eigenvalue weighted by Gasteiger charge is -2.12. The molecule has 174 valence electrons. The fourth-order valence-corrected chi connectivity index (χ4v) is 4.45. The van der Waals surface area contributed by atoms with Crippen molar-refractivity contribution in [2.45, 2.75) is 39.5 Å². The molecule has 5 heteroatoms. The van der Waals surface area contributed by atoms with Crippen LogP contribution >= 0.6 is 0 Å². The van der Waals surface area contributed by atoms with E-state index in [0.717, 1.165) is 54.2 Å². The first-order chi connectivity index (χ1) is 16.5. The molecule has 0 fully saturated rings. The van der Waals surface area contributed by atoms with Gasteiger partial charge in [0.25, 0.3) is 5.91 Å². The Morgan fingerprint density at radius 2 is 1.62 bits per heavy atom. The number of aryl methyl sites for hydroxylation is 2. The van der Waals surface area contributed by atoms with Gasteiger partial charge in [-0.25, -0.2) is 4.39 Å². The number of hydrogen-bond acceptors (Lipinski definition) is 3. The first kappa shape index (κ1) is 23.4. The minimum Gasteiger partial charge on any atom is -0.455 e. The van der Waals surface area contributed by atoms with Crippen molar-refractivity contribution >= 4 is 23.2 Å². The average molecular weight is 458 g/mol. The van der Waals surface area contributed by atoms with Crippen LogP contribution in [0.25, 0.3) is 33.4 Å². The fraction of sp³-hybridized carbons (Fsp3) is 0.241. The quantitative estimate of drug-likeness (QED) is 0.290. The van der Waals surface area contributed by atoms with E-state index in [-0.39, 0.29) is 11.7 Å². The Bertz CT molecular complexity index is 1350. The molecule has 1 aromatic heterocycles. The Labute approximate surface area is 198 Å². The van der Waals surface area contributed by atoms with Gasteiger partial charge in [0.1, 0.15) is 23.4 Å². The lowest BCUT2D eigenvalue weighted by molar-refractivity contribution is 0.0964. The molecule has 0 bridgehead atoms. The molecule has 4 aromatic rings. The molecule has 1 N–H and O–H groups in total. The maximum atomic E-state index is 13.5. The Kier molecular flexibility index (Phi) is 6.92. The van der Waals surface area contributed by atoms with E-state index in [0.29, 0.717) is 33.4 Å². The van der Waals surface area contributed by atoms with Crippen molar-refractivity contribution in [2.24, 2.45) is 0 Å². The molecule has 0 spiro atoms. The van der Waals surface area contributed by atoms with Gasteiger partial charge in [0.2, 0.25) is 0 Å². The summed E-state index contributed by atoms with van der Waals surface area (Å²) in [5.74, 6) is -0.230. The summed E-state index contributed by atoms with van der Waals surface area (Å²) in [4.78, 5) is 24.7. The van der Waals surface area contributed by atoms with Crippen LogP contribution in [-0.4, -0.2) is 19.2 Å². The van der Waals surface area contributed by atoms with Gasteiger partial charge in [0.05, 0.1) is 5.56 Å². The maximum absolute atomic E-state index is 13.5. The topological polar surface area (TPSA) is 59.3 Å². The minimum absolute atomic E-state index is 0.279. The van der Waals surface area contributed by atoms with Crippen LogP contribution in [-0.2, 0) is 12.8 Å². The molecule has 0 saturated heterocycles. The number of carbonyl (C=O) groups is 2. The summed E-state index contributed by atoms with van der Waals surface area (Å²) in [5, 5.41) is 3.38. The third-order valence-corrected chi connectivity index (χ3v) is 6.10. The predicted molar refractivity (Wildman–Crippen MR) is 134 cm³/mol. The third-order valence-electron chi connectivity index (χ3n) is 6.10. The standard InChI is InChI=1S/C29H28FNO3/c1-4-6-18-8-9-21(14-22(18)17-32)24-16-25-26(15-20(24)7-5-2)34-28(27(25)29(33)31-3)19-10-12-23(30)13-11-19/h8-17H,4-7H2,1-3H3,(H,31,33). The van der Waals surface area contributed by atoms with Crippen LogP contribution in [0.1, 0.15) is 58.5 Å². The zero-order valence-corrected chi connectivity index (χ0v) is 19.7. The number of nitrogens with one attached hydrogen (secondary N) is 1. The van der Waals surface area contributed by atoms with Crippen molar-refractivity contribution in [2.75, 3.05) is 7.05 Å². The number of aldehydes is 1. The highest BCUT2D eigenvalue weighted by atomic mass is 19.1. The first-order valence-corrected chi connectivity index (χ1v) is 11.7. The molecule has 4 rings (SSSR count). The van der Waals surface area contributed by atoms with Crippen LogP contribution in [0.2, 0.25) is 0 Å². The number of fused-ring (bicyclic) bond motifs is 1. The van der Waals surface area contributed by atoms with Crippen molar-refractivity contribution in [3.8, 4) is 22.5 Å². The van der Waals surface area contributed by atoms with Crippen molar-refractivity contribution < 1.29 is 18.4 Å². The van der Waals surface area contributed by atoms with Crippen molar-refractivity contribution in [3.05, 3.63) is 82.7 Å². The van der Waals surface area contributed by atoms with Crippen LogP contribution in [0, 0.1) is 5.82 Å². The minimum atomic E-state index is -0.355. The second-order valence-electron chi connectivity index (χ2n) is 8.43. The van der Waals surface area contributed by atoms with E-state index in [1.165, 1.54) is 12.1 Å². The number of rotatable bonds is 8.